The molecule has 2 heterocycles. The minimum atomic E-state index is -0.381. The number of primary amides is 1. The summed E-state index contributed by atoms with van der Waals surface area (Å²) in [6.45, 7) is 2.24. The van der Waals surface area contributed by atoms with Gasteiger partial charge in [-0.15, -0.1) is 11.3 Å². The fourth-order valence-electron chi connectivity index (χ4n) is 3.51. The number of hydrogen-bond acceptors (Lipinski definition) is 7. The number of carbonyl (C=O) groups excluding carboxylic acids is 1. The Kier molecular flexibility index (Phi) is 4.69. The SMILES string of the molecule is COc1cc2nc(Nc3sc4c(c3C(N)=O)CCC(C)C4)sc2cc1OC. The van der Waals surface area contributed by atoms with Crippen LogP contribution in [0.5, 0.6) is 11.5 Å². The lowest BCUT2D eigenvalue weighted by molar-refractivity contribution is 0.1000. The van der Waals surface area contributed by atoms with Crippen molar-refractivity contribution in [2.75, 3.05) is 19.5 Å². The van der Waals surface area contributed by atoms with E-state index in [1.807, 2.05) is 12.1 Å². The van der Waals surface area contributed by atoms with Crippen molar-refractivity contribution in [1.29, 1.82) is 0 Å². The molecule has 2 aromatic heterocycles. The number of hydrogen-bond donors (Lipinski definition) is 2. The van der Waals surface area contributed by atoms with Crippen LogP contribution in [-0.2, 0) is 12.8 Å². The molecule has 0 saturated carbocycles. The quantitative estimate of drug-likeness (QED) is 0.662. The number of methoxy groups -OCH3 is 2. The Bertz CT molecular complexity index is 984. The second-order valence-electron chi connectivity index (χ2n) is 6.74. The van der Waals surface area contributed by atoms with Gasteiger partial charge in [-0.3, -0.25) is 4.79 Å². The van der Waals surface area contributed by atoms with E-state index in [1.165, 1.54) is 16.2 Å². The number of fused-ring (bicyclic) bond motifs is 2. The number of benzene rings is 1. The minimum Gasteiger partial charge on any atom is -0.493 e. The summed E-state index contributed by atoms with van der Waals surface area (Å²) in [7, 11) is 3.21. The Morgan fingerprint density at radius 2 is 2.00 bits per heavy atom. The van der Waals surface area contributed by atoms with Crippen LogP contribution in [0.4, 0.5) is 10.1 Å². The molecule has 1 aliphatic rings. The maximum absolute atomic E-state index is 12.1. The largest absolute Gasteiger partial charge is 0.493 e. The van der Waals surface area contributed by atoms with E-state index in [0.29, 0.717) is 23.0 Å². The van der Waals surface area contributed by atoms with Gasteiger partial charge in [0.1, 0.15) is 5.00 Å². The predicted molar refractivity (Wildman–Crippen MR) is 110 cm³/mol. The molecule has 1 atom stereocenters. The van der Waals surface area contributed by atoms with Gasteiger partial charge in [-0.1, -0.05) is 18.3 Å². The molecule has 3 aromatic rings. The highest BCUT2D eigenvalue weighted by molar-refractivity contribution is 7.23. The fourth-order valence-corrected chi connectivity index (χ4v) is 5.87. The lowest BCUT2D eigenvalue weighted by Crippen LogP contribution is -2.17. The molecule has 27 heavy (non-hydrogen) atoms. The first-order valence-corrected chi connectivity index (χ1v) is 10.4. The van der Waals surface area contributed by atoms with Crippen molar-refractivity contribution < 1.29 is 14.3 Å². The standard InChI is InChI=1S/C19H21N3O3S2/c1-9-4-5-10-14(6-9)26-18(16(10)17(20)23)22-19-21-11-7-12(24-2)13(25-3)8-15(11)27-19/h7-9H,4-6H2,1-3H3,(H2,20,23)(H,21,22). The van der Waals surface area contributed by atoms with Gasteiger partial charge in [-0.2, -0.15) is 0 Å². The van der Waals surface area contributed by atoms with E-state index in [-0.39, 0.29) is 5.91 Å². The van der Waals surface area contributed by atoms with E-state index >= 15 is 0 Å². The van der Waals surface area contributed by atoms with E-state index in [2.05, 4.69) is 17.2 Å². The first kappa shape index (κ1) is 18.1. The van der Waals surface area contributed by atoms with Gasteiger partial charge >= 0.3 is 0 Å². The molecule has 8 heteroatoms. The number of carbonyl (C=O) groups is 1. The van der Waals surface area contributed by atoms with Gasteiger partial charge in [0.15, 0.2) is 16.6 Å². The number of nitrogens with two attached hydrogens (primary N) is 1. The molecule has 4 rings (SSSR count). The number of anilines is 2. The Labute approximate surface area is 165 Å². The molecule has 0 bridgehead atoms. The molecule has 1 unspecified atom stereocenters. The zero-order valence-corrected chi connectivity index (χ0v) is 17.1. The topological polar surface area (TPSA) is 86.5 Å². The molecule has 0 saturated heterocycles. The molecule has 1 aliphatic carbocycles. The van der Waals surface area contributed by atoms with E-state index in [1.54, 1.807) is 25.6 Å². The van der Waals surface area contributed by atoms with Crippen molar-refractivity contribution in [1.82, 2.24) is 4.98 Å². The normalized spacial score (nSPS) is 16.2. The Morgan fingerprint density at radius 3 is 2.70 bits per heavy atom. The summed E-state index contributed by atoms with van der Waals surface area (Å²) in [6.07, 6.45) is 2.99. The molecule has 3 N–H and O–H groups in total. The average Bonchev–Trinajstić information content (AvgIpc) is 3.19. The van der Waals surface area contributed by atoms with Gasteiger partial charge in [0.2, 0.25) is 0 Å². The molecule has 1 aromatic carbocycles. The van der Waals surface area contributed by atoms with Crippen molar-refractivity contribution in [3.8, 4) is 11.5 Å². The van der Waals surface area contributed by atoms with Gasteiger partial charge in [0.25, 0.3) is 5.91 Å². The van der Waals surface area contributed by atoms with Crippen molar-refractivity contribution in [2.24, 2.45) is 11.7 Å². The number of nitrogens with one attached hydrogen (secondary N) is 1. The average molecular weight is 404 g/mol. The number of nitrogens with zero attached hydrogens (tertiary/aromatic N) is 1. The third-order valence-electron chi connectivity index (χ3n) is 4.87. The first-order chi connectivity index (χ1) is 13.0. The van der Waals surface area contributed by atoms with Crippen molar-refractivity contribution in [2.45, 2.75) is 26.2 Å². The molecule has 0 radical (unpaired) electrons. The van der Waals surface area contributed by atoms with Crippen LogP contribution >= 0.6 is 22.7 Å². The molecular weight excluding hydrogens is 382 g/mol. The van der Waals surface area contributed by atoms with Crippen LogP contribution < -0.4 is 20.5 Å². The van der Waals surface area contributed by atoms with Crippen LogP contribution in [0.25, 0.3) is 10.2 Å². The highest BCUT2D eigenvalue weighted by atomic mass is 32.1. The summed E-state index contributed by atoms with van der Waals surface area (Å²) in [5.74, 6) is 1.56. The van der Waals surface area contributed by atoms with Crippen LogP contribution in [0.2, 0.25) is 0 Å². The van der Waals surface area contributed by atoms with Crippen molar-refractivity contribution in [3.63, 3.8) is 0 Å². The lowest BCUT2D eigenvalue weighted by atomic mass is 9.88. The smallest absolute Gasteiger partial charge is 0.251 e. The third-order valence-corrected chi connectivity index (χ3v) is 6.98. The predicted octanol–water partition coefficient (Wildman–Crippen LogP) is 4.34. The van der Waals surface area contributed by atoms with Gasteiger partial charge < -0.3 is 20.5 Å². The molecular formula is C19H21N3O3S2. The van der Waals surface area contributed by atoms with Crippen molar-refractivity contribution in [3.05, 3.63) is 28.1 Å². The highest BCUT2D eigenvalue weighted by Crippen LogP contribution is 2.42. The molecule has 142 valence electrons. The molecule has 0 fully saturated rings. The molecule has 0 aliphatic heterocycles. The van der Waals surface area contributed by atoms with E-state index in [0.717, 1.165) is 45.2 Å². The van der Waals surface area contributed by atoms with Crippen LogP contribution in [0.1, 0.15) is 34.1 Å². The summed E-state index contributed by atoms with van der Waals surface area (Å²) in [5, 5.41) is 4.84. The second kappa shape index (κ2) is 7.01. The van der Waals surface area contributed by atoms with Crippen LogP contribution in [0.15, 0.2) is 12.1 Å². The van der Waals surface area contributed by atoms with Crippen LogP contribution in [0, 0.1) is 5.92 Å². The summed E-state index contributed by atoms with van der Waals surface area (Å²) >= 11 is 3.12. The number of thiazole rings is 1. The Hall–Kier alpha value is -2.32. The number of thiophene rings is 1. The van der Waals surface area contributed by atoms with Gasteiger partial charge in [0.05, 0.1) is 30.0 Å². The van der Waals surface area contributed by atoms with E-state index in [4.69, 9.17) is 15.2 Å². The number of ether oxygens (including phenoxy) is 2. The van der Waals surface area contributed by atoms with Crippen LogP contribution in [0.3, 0.4) is 0 Å². The number of amides is 1. The number of aromatic nitrogens is 1. The lowest BCUT2D eigenvalue weighted by Gasteiger charge is -2.18. The maximum Gasteiger partial charge on any atom is 0.251 e. The third kappa shape index (κ3) is 3.23. The summed E-state index contributed by atoms with van der Waals surface area (Å²) < 4.78 is 11.7. The highest BCUT2D eigenvalue weighted by Gasteiger charge is 2.27. The summed E-state index contributed by atoms with van der Waals surface area (Å²) in [5.41, 5.74) is 8.25. The van der Waals surface area contributed by atoms with Crippen LogP contribution in [-0.4, -0.2) is 25.1 Å². The maximum atomic E-state index is 12.1. The molecule has 1 amide bonds. The van der Waals surface area contributed by atoms with Gasteiger partial charge in [-0.05, 0) is 30.7 Å². The monoisotopic (exact) mass is 403 g/mol. The Balaban J connectivity index is 1.73. The molecule has 0 spiro atoms. The first-order valence-electron chi connectivity index (χ1n) is 8.74. The zero-order valence-electron chi connectivity index (χ0n) is 15.4. The van der Waals surface area contributed by atoms with Gasteiger partial charge in [0, 0.05) is 17.0 Å². The van der Waals surface area contributed by atoms with Crippen molar-refractivity contribution >= 4 is 48.9 Å². The molecule has 6 nitrogen and oxygen atoms in total. The number of rotatable bonds is 5. The van der Waals surface area contributed by atoms with E-state index in [9.17, 15) is 4.79 Å². The Morgan fingerprint density at radius 1 is 1.26 bits per heavy atom. The zero-order chi connectivity index (χ0) is 19.1. The summed E-state index contributed by atoms with van der Waals surface area (Å²) in [4.78, 5) is 18.0. The second-order valence-corrected chi connectivity index (χ2v) is 8.87. The van der Waals surface area contributed by atoms with Gasteiger partial charge in [-0.25, -0.2) is 4.98 Å². The summed E-state index contributed by atoms with van der Waals surface area (Å²) in [6, 6.07) is 3.76. The fraction of sp³-hybridized carbons (Fsp3) is 0.368. The van der Waals surface area contributed by atoms with E-state index < -0.39 is 0 Å². The minimum absolute atomic E-state index is 0.381.